The van der Waals surface area contributed by atoms with E-state index in [9.17, 15) is 4.79 Å². The molecule has 22 heavy (non-hydrogen) atoms. The van der Waals surface area contributed by atoms with E-state index in [0.717, 1.165) is 24.3 Å². The largest absolute Gasteiger partial charge is 0.360 e. The van der Waals surface area contributed by atoms with Crippen molar-refractivity contribution in [3.05, 3.63) is 47.3 Å². The van der Waals surface area contributed by atoms with Gasteiger partial charge in [0.1, 0.15) is 5.76 Å². The van der Waals surface area contributed by atoms with Crippen LogP contribution < -0.4 is 5.32 Å². The van der Waals surface area contributed by atoms with E-state index in [-0.39, 0.29) is 5.91 Å². The molecule has 0 unspecified atom stereocenters. The summed E-state index contributed by atoms with van der Waals surface area (Å²) >= 11 is 3.91. The van der Waals surface area contributed by atoms with Crippen LogP contribution in [-0.4, -0.2) is 22.6 Å². The molecule has 0 spiro atoms. The van der Waals surface area contributed by atoms with Crippen LogP contribution in [0.1, 0.15) is 45.2 Å². The van der Waals surface area contributed by atoms with E-state index in [2.05, 4.69) is 22.6 Å². The molecule has 2 fully saturated rings. The third kappa shape index (κ3) is 3.03. The number of benzene rings is 1. The standard InChI is InChI=1S/C16H16N2O2S2/c19-15(13-9-14(20-18-13)10-4-5-10)17-12-3-1-2-11(8-12)16-21-6-7-22-16/h1-3,8-10,16H,4-7H2,(H,17,19). The van der Waals surface area contributed by atoms with E-state index >= 15 is 0 Å². The molecule has 2 heterocycles. The first-order valence-corrected chi connectivity index (χ1v) is 9.50. The summed E-state index contributed by atoms with van der Waals surface area (Å²) in [6, 6.07) is 9.83. The second kappa shape index (κ2) is 6.01. The van der Waals surface area contributed by atoms with E-state index in [0.29, 0.717) is 16.2 Å². The molecular formula is C16H16N2O2S2. The van der Waals surface area contributed by atoms with E-state index in [4.69, 9.17) is 4.52 Å². The van der Waals surface area contributed by atoms with Gasteiger partial charge in [-0.25, -0.2) is 0 Å². The smallest absolute Gasteiger partial charge is 0.277 e. The highest BCUT2D eigenvalue weighted by atomic mass is 32.2. The van der Waals surface area contributed by atoms with Gasteiger partial charge >= 0.3 is 0 Å². The predicted octanol–water partition coefficient (Wildman–Crippen LogP) is 4.28. The predicted molar refractivity (Wildman–Crippen MR) is 90.5 cm³/mol. The summed E-state index contributed by atoms with van der Waals surface area (Å²) in [5, 5.41) is 6.79. The lowest BCUT2D eigenvalue weighted by Gasteiger charge is -2.10. The number of hydrogen-bond acceptors (Lipinski definition) is 5. The van der Waals surface area contributed by atoms with Crippen molar-refractivity contribution in [1.29, 1.82) is 0 Å². The van der Waals surface area contributed by atoms with E-state index in [1.54, 1.807) is 6.07 Å². The molecule has 114 valence electrons. The number of nitrogens with one attached hydrogen (secondary N) is 1. The maximum absolute atomic E-state index is 12.3. The summed E-state index contributed by atoms with van der Waals surface area (Å²) in [7, 11) is 0. The van der Waals surface area contributed by atoms with Gasteiger partial charge in [-0.05, 0) is 30.5 Å². The molecule has 1 aromatic carbocycles. The number of thioether (sulfide) groups is 2. The molecule has 1 aliphatic carbocycles. The highest BCUT2D eigenvalue weighted by Crippen LogP contribution is 2.45. The fourth-order valence-corrected chi connectivity index (χ4v) is 5.30. The Bertz CT molecular complexity index is 691. The molecule has 2 aromatic rings. The van der Waals surface area contributed by atoms with E-state index in [1.165, 1.54) is 17.1 Å². The van der Waals surface area contributed by atoms with Crippen molar-refractivity contribution in [2.24, 2.45) is 0 Å². The van der Waals surface area contributed by atoms with Crippen LogP contribution in [0.3, 0.4) is 0 Å². The molecule has 1 aliphatic heterocycles. The number of nitrogens with zero attached hydrogens (tertiary/aromatic N) is 1. The minimum absolute atomic E-state index is 0.209. The Morgan fingerprint density at radius 2 is 2.05 bits per heavy atom. The fourth-order valence-electron chi connectivity index (χ4n) is 2.47. The zero-order valence-electron chi connectivity index (χ0n) is 12.0. The molecule has 0 bridgehead atoms. The summed E-state index contributed by atoms with van der Waals surface area (Å²) in [4.78, 5) is 12.3. The lowest BCUT2D eigenvalue weighted by molar-refractivity contribution is 0.101. The van der Waals surface area contributed by atoms with Crippen LogP contribution in [0, 0.1) is 0 Å². The normalized spacial score (nSPS) is 18.5. The van der Waals surface area contributed by atoms with Gasteiger partial charge in [-0.1, -0.05) is 17.3 Å². The zero-order valence-corrected chi connectivity index (χ0v) is 13.6. The molecule has 1 saturated carbocycles. The summed E-state index contributed by atoms with van der Waals surface area (Å²) < 4.78 is 5.71. The van der Waals surface area contributed by atoms with Crippen molar-refractivity contribution in [2.45, 2.75) is 23.3 Å². The first kappa shape index (κ1) is 14.2. The summed E-state index contributed by atoms with van der Waals surface area (Å²) in [6.07, 6.45) is 2.27. The Balaban J connectivity index is 1.47. The molecule has 4 nitrogen and oxygen atoms in total. The first-order chi connectivity index (χ1) is 10.8. The SMILES string of the molecule is O=C(Nc1cccc(C2SCCS2)c1)c1cc(C2CC2)on1. The topological polar surface area (TPSA) is 55.1 Å². The summed E-state index contributed by atoms with van der Waals surface area (Å²) in [5.41, 5.74) is 2.42. The molecule has 1 N–H and O–H groups in total. The van der Waals surface area contributed by atoms with Crippen LogP contribution in [-0.2, 0) is 0 Å². The minimum Gasteiger partial charge on any atom is -0.360 e. The average molecular weight is 332 g/mol. The molecule has 1 amide bonds. The van der Waals surface area contributed by atoms with Crippen LogP contribution in [0.4, 0.5) is 5.69 Å². The number of carbonyl (C=O) groups excluding carboxylic acids is 1. The Hall–Kier alpha value is -1.40. The number of aromatic nitrogens is 1. The Morgan fingerprint density at radius 3 is 2.82 bits per heavy atom. The number of carbonyl (C=O) groups is 1. The Morgan fingerprint density at radius 1 is 1.23 bits per heavy atom. The van der Waals surface area contributed by atoms with Gasteiger partial charge in [-0.3, -0.25) is 4.79 Å². The summed E-state index contributed by atoms with van der Waals surface area (Å²) in [5.74, 6) is 3.47. The van der Waals surface area contributed by atoms with Gasteiger partial charge in [-0.15, -0.1) is 23.5 Å². The molecule has 4 rings (SSSR count). The number of anilines is 1. The van der Waals surface area contributed by atoms with E-state index in [1.807, 2.05) is 35.7 Å². The molecular weight excluding hydrogens is 316 g/mol. The molecule has 1 aromatic heterocycles. The zero-order chi connectivity index (χ0) is 14.9. The van der Waals surface area contributed by atoms with Crippen LogP contribution in [0.5, 0.6) is 0 Å². The van der Waals surface area contributed by atoms with Crippen molar-refractivity contribution >= 4 is 35.1 Å². The second-order valence-electron chi connectivity index (χ2n) is 5.54. The van der Waals surface area contributed by atoms with Crippen molar-refractivity contribution in [3.8, 4) is 0 Å². The maximum Gasteiger partial charge on any atom is 0.277 e. The Kier molecular flexibility index (Phi) is 3.88. The van der Waals surface area contributed by atoms with Crippen LogP contribution >= 0.6 is 23.5 Å². The van der Waals surface area contributed by atoms with Gasteiger partial charge in [0.05, 0.1) is 4.58 Å². The van der Waals surface area contributed by atoms with E-state index < -0.39 is 0 Å². The van der Waals surface area contributed by atoms with Crippen molar-refractivity contribution in [3.63, 3.8) is 0 Å². The summed E-state index contributed by atoms with van der Waals surface area (Å²) in [6.45, 7) is 0. The second-order valence-corrected chi connectivity index (χ2v) is 8.27. The highest BCUT2D eigenvalue weighted by molar-refractivity contribution is 8.19. The third-order valence-corrected chi connectivity index (χ3v) is 6.88. The molecule has 0 atom stereocenters. The van der Waals surface area contributed by atoms with Gasteiger partial charge in [0.15, 0.2) is 5.69 Å². The van der Waals surface area contributed by atoms with Crippen molar-refractivity contribution in [2.75, 3.05) is 16.8 Å². The quantitative estimate of drug-likeness (QED) is 0.905. The van der Waals surface area contributed by atoms with Gasteiger partial charge in [0, 0.05) is 29.2 Å². The van der Waals surface area contributed by atoms with Gasteiger partial charge in [0.25, 0.3) is 5.91 Å². The van der Waals surface area contributed by atoms with Gasteiger partial charge in [0.2, 0.25) is 0 Å². The van der Waals surface area contributed by atoms with Crippen LogP contribution in [0.15, 0.2) is 34.9 Å². The maximum atomic E-state index is 12.3. The van der Waals surface area contributed by atoms with Crippen molar-refractivity contribution in [1.82, 2.24) is 5.16 Å². The molecule has 1 saturated heterocycles. The first-order valence-electron chi connectivity index (χ1n) is 7.41. The van der Waals surface area contributed by atoms with Gasteiger partial charge < -0.3 is 9.84 Å². The number of amides is 1. The van der Waals surface area contributed by atoms with Gasteiger partial charge in [-0.2, -0.15) is 0 Å². The van der Waals surface area contributed by atoms with Crippen molar-refractivity contribution < 1.29 is 9.32 Å². The fraction of sp³-hybridized carbons (Fsp3) is 0.375. The monoisotopic (exact) mass is 332 g/mol. The lowest BCUT2D eigenvalue weighted by Crippen LogP contribution is -2.12. The number of hydrogen-bond donors (Lipinski definition) is 1. The molecule has 2 aliphatic rings. The van der Waals surface area contributed by atoms with Crippen LogP contribution in [0.25, 0.3) is 0 Å². The highest BCUT2D eigenvalue weighted by Gasteiger charge is 2.29. The van der Waals surface area contributed by atoms with Crippen LogP contribution in [0.2, 0.25) is 0 Å². The minimum atomic E-state index is -0.209. The number of rotatable bonds is 4. The Labute approximate surface area is 137 Å². The molecule has 6 heteroatoms. The third-order valence-electron chi connectivity index (χ3n) is 3.78. The average Bonchev–Trinajstić information content (AvgIpc) is 3.06. The molecule has 0 radical (unpaired) electrons. The lowest BCUT2D eigenvalue weighted by atomic mass is 10.2.